The zero-order chi connectivity index (χ0) is 13.0. The molecule has 2 aromatic rings. The summed E-state index contributed by atoms with van der Waals surface area (Å²) in [7, 11) is 3.15. The Bertz CT molecular complexity index is 514. The highest BCUT2D eigenvalue weighted by atomic mass is 16.5. The largest absolute Gasteiger partial charge is 0.493 e. The lowest BCUT2D eigenvalue weighted by Gasteiger charge is -2.14. The van der Waals surface area contributed by atoms with Crippen LogP contribution in [-0.2, 0) is 0 Å². The summed E-state index contributed by atoms with van der Waals surface area (Å²) in [5, 5.41) is 10.3. The molecule has 0 bridgehead atoms. The number of benzene rings is 1. The lowest BCUT2D eigenvalue weighted by molar-refractivity contribution is 0.219. The van der Waals surface area contributed by atoms with Crippen molar-refractivity contribution in [1.29, 1.82) is 0 Å². The molecule has 18 heavy (non-hydrogen) atoms. The van der Waals surface area contributed by atoms with Crippen LogP contribution in [0.5, 0.6) is 11.5 Å². The van der Waals surface area contributed by atoms with E-state index in [1.165, 1.54) is 0 Å². The Balaban J connectivity index is 2.34. The van der Waals surface area contributed by atoms with Crippen molar-refractivity contribution in [1.82, 2.24) is 4.98 Å². The molecule has 1 aromatic carbocycles. The van der Waals surface area contributed by atoms with Crippen LogP contribution in [0.3, 0.4) is 0 Å². The fourth-order valence-corrected chi connectivity index (χ4v) is 1.76. The molecule has 4 heteroatoms. The average Bonchev–Trinajstić information content (AvgIpc) is 2.46. The number of rotatable bonds is 4. The van der Waals surface area contributed by atoms with E-state index in [2.05, 4.69) is 4.98 Å². The molecule has 4 nitrogen and oxygen atoms in total. The van der Waals surface area contributed by atoms with Crippen LogP contribution in [-0.4, -0.2) is 24.3 Å². The summed E-state index contributed by atoms with van der Waals surface area (Å²) in [6, 6.07) is 8.91. The Hall–Kier alpha value is -2.07. The molecule has 2 rings (SSSR count). The Morgan fingerprint density at radius 3 is 2.22 bits per heavy atom. The predicted molar refractivity (Wildman–Crippen MR) is 67.8 cm³/mol. The number of aromatic nitrogens is 1. The summed E-state index contributed by atoms with van der Waals surface area (Å²) in [5.41, 5.74) is 1.54. The zero-order valence-corrected chi connectivity index (χ0v) is 10.3. The minimum atomic E-state index is -0.701. The van der Waals surface area contributed by atoms with Crippen molar-refractivity contribution in [2.24, 2.45) is 0 Å². The molecule has 0 saturated carbocycles. The third-order valence-corrected chi connectivity index (χ3v) is 2.75. The van der Waals surface area contributed by atoms with E-state index < -0.39 is 6.10 Å². The Morgan fingerprint density at radius 1 is 0.944 bits per heavy atom. The van der Waals surface area contributed by atoms with Crippen LogP contribution < -0.4 is 9.47 Å². The first-order chi connectivity index (χ1) is 8.76. The van der Waals surface area contributed by atoms with E-state index in [9.17, 15) is 5.11 Å². The van der Waals surface area contributed by atoms with E-state index in [1.807, 2.05) is 6.07 Å². The Labute approximate surface area is 106 Å². The molecule has 0 amide bonds. The number of methoxy groups -OCH3 is 2. The molecule has 0 fully saturated rings. The molecule has 1 heterocycles. The minimum Gasteiger partial charge on any atom is -0.493 e. The summed E-state index contributed by atoms with van der Waals surface area (Å²) in [5.74, 6) is 1.24. The van der Waals surface area contributed by atoms with Gasteiger partial charge in [0.25, 0.3) is 0 Å². The maximum absolute atomic E-state index is 10.3. The first kappa shape index (κ1) is 12.4. The van der Waals surface area contributed by atoms with Crippen LogP contribution in [0.2, 0.25) is 0 Å². The molecule has 0 saturated heterocycles. The van der Waals surface area contributed by atoms with Gasteiger partial charge in [-0.1, -0.05) is 6.07 Å². The maximum Gasteiger partial charge on any atom is 0.161 e. The summed E-state index contributed by atoms with van der Waals surface area (Å²) >= 11 is 0. The second kappa shape index (κ2) is 5.51. The molecular weight excluding hydrogens is 230 g/mol. The lowest BCUT2D eigenvalue weighted by Crippen LogP contribution is -2.01. The van der Waals surface area contributed by atoms with Gasteiger partial charge >= 0.3 is 0 Å². The Kier molecular flexibility index (Phi) is 3.79. The van der Waals surface area contributed by atoms with Crippen molar-refractivity contribution in [2.45, 2.75) is 6.10 Å². The van der Waals surface area contributed by atoms with Crippen molar-refractivity contribution < 1.29 is 14.6 Å². The molecule has 1 N–H and O–H groups in total. The third kappa shape index (κ3) is 2.43. The van der Waals surface area contributed by atoms with Crippen molar-refractivity contribution >= 4 is 0 Å². The van der Waals surface area contributed by atoms with Gasteiger partial charge in [-0.3, -0.25) is 4.98 Å². The molecule has 0 aliphatic carbocycles. The highest BCUT2D eigenvalue weighted by Gasteiger charge is 2.13. The van der Waals surface area contributed by atoms with Gasteiger partial charge in [0.15, 0.2) is 11.5 Å². The van der Waals surface area contributed by atoms with Crippen LogP contribution in [0.25, 0.3) is 0 Å². The van der Waals surface area contributed by atoms with Crippen molar-refractivity contribution in [3.8, 4) is 11.5 Å². The fraction of sp³-hybridized carbons (Fsp3) is 0.214. The van der Waals surface area contributed by atoms with Gasteiger partial charge in [-0.15, -0.1) is 0 Å². The van der Waals surface area contributed by atoms with E-state index >= 15 is 0 Å². The van der Waals surface area contributed by atoms with Gasteiger partial charge in [0.1, 0.15) is 6.10 Å². The minimum absolute atomic E-state index is 0.600. The second-order valence-electron chi connectivity index (χ2n) is 3.80. The smallest absolute Gasteiger partial charge is 0.161 e. The van der Waals surface area contributed by atoms with Gasteiger partial charge < -0.3 is 14.6 Å². The zero-order valence-electron chi connectivity index (χ0n) is 10.3. The highest BCUT2D eigenvalue weighted by molar-refractivity contribution is 5.45. The van der Waals surface area contributed by atoms with E-state index in [0.717, 1.165) is 11.1 Å². The van der Waals surface area contributed by atoms with Gasteiger partial charge in [0, 0.05) is 12.4 Å². The van der Waals surface area contributed by atoms with E-state index in [-0.39, 0.29) is 0 Å². The first-order valence-electron chi connectivity index (χ1n) is 5.56. The molecule has 0 spiro atoms. The van der Waals surface area contributed by atoms with Gasteiger partial charge in [0.05, 0.1) is 14.2 Å². The number of aliphatic hydroxyl groups is 1. The maximum atomic E-state index is 10.3. The molecule has 1 unspecified atom stereocenters. The van der Waals surface area contributed by atoms with Crippen LogP contribution in [0.4, 0.5) is 0 Å². The number of pyridine rings is 1. The topological polar surface area (TPSA) is 51.6 Å². The molecule has 0 aliphatic heterocycles. The first-order valence-corrected chi connectivity index (χ1v) is 5.56. The molecular formula is C14H15NO3. The number of ether oxygens (including phenoxy) is 2. The molecule has 1 atom stereocenters. The van der Waals surface area contributed by atoms with Gasteiger partial charge in [-0.2, -0.15) is 0 Å². The molecule has 94 valence electrons. The number of nitrogens with zero attached hydrogens (tertiary/aromatic N) is 1. The second-order valence-corrected chi connectivity index (χ2v) is 3.80. The summed E-state index contributed by atoms with van der Waals surface area (Å²) < 4.78 is 10.4. The summed E-state index contributed by atoms with van der Waals surface area (Å²) in [6.07, 6.45) is 2.60. The normalized spacial score (nSPS) is 11.9. The predicted octanol–water partition coefficient (Wildman–Crippen LogP) is 2.18. The van der Waals surface area contributed by atoms with E-state index in [0.29, 0.717) is 11.5 Å². The third-order valence-electron chi connectivity index (χ3n) is 2.75. The number of aliphatic hydroxyl groups excluding tert-OH is 1. The van der Waals surface area contributed by atoms with E-state index in [1.54, 1.807) is 50.9 Å². The van der Waals surface area contributed by atoms with Crippen molar-refractivity contribution in [3.63, 3.8) is 0 Å². The summed E-state index contributed by atoms with van der Waals surface area (Å²) in [4.78, 5) is 3.93. The van der Waals surface area contributed by atoms with Gasteiger partial charge in [-0.05, 0) is 35.4 Å². The van der Waals surface area contributed by atoms with Crippen LogP contribution in [0.1, 0.15) is 17.2 Å². The standard InChI is InChI=1S/C14H15NO3/c1-17-12-4-3-11(9-13(12)18-2)14(16)10-5-7-15-8-6-10/h3-9,14,16H,1-2H3. The fourth-order valence-electron chi connectivity index (χ4n) is 1.76. The van der Waals surface area contributed by atoms with Crippen molar-refractivity contribution in [2.75, 3.05) is 14.2 Å². The number of hydrogen-bond acceptors (Lipinski definition) is 4. The van der Waals surface area contributed by atoms with Crippen molar-refractivity contribution in [3.05, 3.63) is 53.9 Å². The van der Waals surface area contributed by atoms with Crippen LogP contribution in [0.15, 0.2) is 42.7 Å². The van der Waals surface area contributed by atoms with Crippen LogP contribution >= 0.6 is 0 Å². The highest BCUT2D eigenvalue weighted by Crippen LogP contribution is 2.31. The lowest BCUT2D eigenvalue weighted by atomic mass is 10.0. The average molecular weight is 245 g/mol. The molecule has 0 radical (unpaired) electrons. The number of hydrogen-bond donors (Lipinski definition) is 1. The molecule has 0 aliphatic rings. The quantitative estimate of drug-likeness (QED) is 0.897. The van der Waals surface area contributed by atoms with Crippen LogP contribution in [0, 0.1) is 0 Å². The van der Waals surface area contributed by atoms with Gasteiger partial charge in [-0.25, -0.2) is 0 Å². The SMILES string of the molecule is COc1ccc(C(O)c2ccncc2)cc1OC. The Morgan fingerprint density at radius 2 is 1.61 bits per heavy atom. The van der Waals surface area contributed by atoms with E-state index in [4.69, 9.17) is 9.47 Å². The monoisotopic (exact) mass is 245 g/mol. The summed E-state index contributed by atoms with van der Waals surface area (Å²) in [6.45, 7) is 0. The molecule has 1 aromatic heterocycles. The van der Waals surface area contributed by atoms with Gasteiger partial charge in [0.2, 0.25) is 0 Å².